The van der Waals surface area contributed by atoms with E-state index in [2.05, 4.69) is 4.98 Å². The van der Waals surface area contributed by atoms with Crippen LogP contribution >= 0.6 is 34.7 Å². The molecule has 8 heteroatoms. The van der Waals surface area contributed by atoms with Crippen molar-refractivity contribution in [2.24, 2.45) is 0 Å². The van der Waals surface area contributed by atoms with Gasteiger partial charge in [0.2, 0.25) is 5.91 Å². The molecule has 0 aliphatic rings. The van der Waals surface area contributed by atoms with Crippen molar-refractivity contribution in [1.82, 2.24) is 14.3 Å². The van der Waals surface area contributed by atoms with Crippen molar-refractivity contribution in [1.29, 1.82) is 0 Å². The third-order valence-corrected chi connectivity index (χ3v) is 5.55. The van der Waals surface area contributed by atoms with Crippen molar-refractivity contribution < 1.29 is 4.79 Å². The molecule has 0 saturated carbocycles. The van der Waals surface area contributed by atoms with Gasteiger partial charge in [-0.25, -0.2) is 4.98 Å². The van der Waals surface area contributed by atoms with Crippen molar-refractivity contribution in [3.8, 4) is 0 Å². The summed E-state index contributed by atoms with van der Waals surface area (Å²) in [5.41, 5.74) is 1.64. The summed E-state index contributed by atoms with van der Waals surface area (Å²) in [6.45, 7) is 0.539. The Hall–Kier alpha value is -1.83. The molecule has 0 unspecified atom stereocenters. The molecule has 25 heavy (non-hydrogen) atoms. The van der Waals surface area contributed by atoms with Crippen LogP contribution in [0.3, 0.4) is 0 Å². The Kier molecular flexibility index (Phi) is 5.78. The third-order valence-electron chi connectivity index (χ3n) is 3.59. The molecule has 0 spiro atoms. The molecule has 0 aliphatic heterocycles. The Bertz CT molecular complexity index is 937. The lowest BCUT2D eigenvalue weighted by atomic mass is 10.2. The molecular formula is C17H16ClN3O2S2. The normalized spacial score (nSPS) is 11.0. The van der Waals surface area contributed by atoms with Gasteiger partial charge in [0, 0.05) is 42.0 Å². The molecule has 0 bridgehead atoms. The molecule has 0 atom stereocenters. The van der Waals surface area contributed by atoms with Gasteiger partial charge in [0.25, 0.3) is 5.56 Å². The van der Waals surface area contributed by atoms with Gasteiger partial charge < -0.3 is 4.90 Å². The minimum atomic E-state index is -0.0898. The number of amides is 1. The van der Waals surface area contributed by atoms with E-state index in [1.807, 2.05) is 29.6 Å². The second kappa shape index (κ2) is 8.03. The summed E-state index contributed by atoms with van der Waals surface area (Å²) >= 11 is 8.74. The Balaban J connectivity index is 1.52. The van der Waals surface area contributed by atoms with E-state index in [4.69, 9.17) is 11.6 Å². The summed E-state index contributed by atoms with van der Waals surface area (Å²) in [7, 11) is 1.78. The SMILES string of the molecule is CN(Cc1ccc(Cl)cc1)C(=O)CSCc1cc(=O)n2ccsc2n1. The second-order valence-electron chi connectivity index (χ2n) is 5.51. The first kappa shape index (κ1) is 18.0. The molecule has 3 aromatic rings. The Morgan fingerprint density at radius 2 is 2.12 bits per heavy atom. The molecule has 1 amide bonds. The fourth-order valence-electron chi connectivity index (χ4n) is 2.27. The number of thioether (sulfide) groups is 1. The number of halogens is 1. The largest absolute Gasteiger partial charge is 0.341 e. The first-order valence-corrected chi connectivity index (χ1v) is 9.96. The number of carbonyl (C=O) groups is 1. The van der Waals surface area contributed by atoms with Gasteiger partial charge in [0.1, 0.15) is 0 Å². The van der Waals surface area contributed by atoms with E-state index in [9.17, 15) is 9.59 Å². The van der Waals surface area contributed by atoms with Crippen molar-refractivity contribution >= 4 is 45.6 Å². The number of hydrogen-bond acceptors (Lipinski definition) is 5. The van der Waals surface area contributed by atoms with Gasteiger partial charge in [-0.3, -0.25) is 14.0 Å². The molecule has 0 fully saturated rings. The van der Waals surface area contributed by atoms with Crippen molar-refractivity contribution in [2.75, 3.05) is 12.8 Å². The summed E-state index contributed by atoms with van der Waals surface area (Å²) < 4.78 is 1.52. The van der Waals surface area contributed by atoms with Crippen LogP contribution in [0.25, 0.3) is 4.96 Å². The van der Waals surface area contributed by atoms with Gasteiger partial charge >= 0.3 is 0 Å². The Morgan fingerprint density at radius 1 is 1.36 bits per heavy atom. The molecule has 0 aliphatic carbocycles. The smallest absolute Gasteiger partial charge is 0.258 e. The molecule has 3 rings (SSSR count). The maximum absolute atomic E-state index is 12.2. The number of rotatable bonds is 6. The second-order valence-corrected chi connectivity index (χ2v) is 7.81. The number of thiazole rings is 1. The summed E-state index contributed by atoms with van der Waals surface area (Å²) in [6.07, 6.45) is 1.71. The number of hydrogen-bond donors (Lipinski definition) is 0. The molecule has 2 heterocycles. The van der Waals surface area contributed by atoms with Gasteiger partial charge in [-0.05, 0) is 17.7 Å². The van der Waals surface area contributed by atoms with Gasteiger partial charge in [0.05, 0.1) is 11.4 Å². The van der Waals surface area contributed by atoms with Crippen molar-refractivity contribution in [3.05, 3.63) is 68.5 Å². The van der Waals surface area contributed by atoms with Crippen LogP contribution in [0.1, 0.15) is 11.3 Å². The van der Waals surface area contributed by atoms with E-state index in [1.165, 1.54) is 33.6 Å². The lowest BCUT2D eigenvalue weighted by Gasteiger charge is -2.17. The topological polar surface area (TPSA) is 54.7 Å². The molecule has 5 nitrogen and oxygen atoms in total. The van der Waals surface area contributed by atoms with Gasteiger partial charge in [-0.1, -0.05) is 23.7 Å². The third kappa shape index (κ3) is 4.62. The average molecular weight is 394 g/mol. The lowest BCUT2D eigenvalue weighted by Crippen LogP contribution is -2.27. The summed E-state index contributed by atoms with van der Waals surface area (Å²) in [5, 5.41) is 2.51. The maximum atomic E-state index is 12.2. The summed E-state index contributed by atoms with van der Waals surface area (Å²) in [5.74, 6) is 0.911. The standard InChI is InChI=1S/C17H16ClN3O2S2/c1-20(9-12-2-4-13(18)5-3-12)16(23)11-24-10-14-8-15(22)21-6-7-25-17(21)19-14/h2-8H,9-11H2,1H3. The number of benzene rings is 1. The van der Waals surface area contributed by atoms with E-state index < -0.39 is 0 Å². The number of nitrogens with zero attached hydrogens (tertiary/aromatic N) is 3. The highest BCUT2D eigenvalue weighted by atomic mass is 35.5. The predicted molar refractivity (Wildman–Crippen MR) is 103 cm³/mol. The molecule has 1 aromatic carbocycles. The van der Waals surface area contributed by atoms with Crippen LogP contribution in [0.4, 0.5) is 0 Å². The minimum Gasteiger partial charge on any atom is -0.341 e. The number of aromatic nitrogens is 2. The zero-order chi connectivity index (χ0) is 17.8. The van der Waals surface area contributed by atoms with Crippen LogP contribution in [0.15, 0.2) is 46.7 Å². The highest BCUT2D eigenvalue weighted by Gasteiger charge is 2.10. The highest BCUT2D eigenvalue weighted by Crippen LogP contribution is 2.14. The first-order valence-electron chi connectivity index (χ1n) is 7.55. The Morgan fingerprint density at radius 3 is 2.88 bits per heavy atom. The molecule has 0 saturated heterocycles. The van der Waals surface area contributed by atoms with Gasteiger partial charge in [-0.15, -0.1) is 23.1 Å². The zero-order valence-electron chi connectivity index (χ0n) is 13.5. The average Bonchev–Trinajstić information content (AvgIpc) is 3.06. The lowest BCUT2D eigenvalue weighted by molar-refractivity contribution is -0.127. The molecule has 0 N–H and O–H groups in total. The molecular weight excluding hydrogens is 378 g/mol. The monoisotopic (exact) mass is 393 g/mol. The van der Waals surface area contributed by atoms with Crippen LogP contribution in [0.2, 0.25) is 5.02 Å². The van der Waals surface area contributed by atoms with Crippen LogP contribution in [-0.2, 0) is 17.1 Å². The minimum absolute atomic E-state index is 0.0360. The summed E-state index contributed by atoms with van der Waals surface area (Å²) in [6, 6.07) is 8.97. The van der Waals surface area contributed by atoms with E-state index >= 15 is 0 Å². The van der Waals surface area contributed by atoms with Crippen LogP contribution in [0.5, 0.6) is 0 Å². The molecule has 2 aromatic heterocycles. The quantitative estimate of drug-likeness (QED) is 0.644. The van der Waals surface area contributed by atoms with Gasteiger partial charge in [0.15, 0.2) is 4.96 Å². The van der Waals surface area contributed by atoms with Crippen LogP contribution in [0, 0.1) is 0 Å². The Labute approximate surface area is 158 Å². The van der Waals surface area contributed by atoms with Crippen molar-refractivity contribution in [2.45, 2.75) is 12.3 Å². The van der Waals surface area contributed by atoms with Crippen LogP contribution < -0.4 is 5.56 Å². The molecule has 0 radical (unpaired) electrons. The molecule has 130 valence electrons. The fraction of sp³-hybridized carbons (Fsp3) is 0.235. The van der Waals surface area contributed by atoms with E-state index in [1.54, 1.807) is 18.1 Å². The fourth-order valence-corrected chi connectivity index (χ4v) is 3.99. The maximum Gasteiger partial charge on any atom is 0.258 e. The first-order chi connectivity index (χ1) is 12.0. The van der Waals surface area contributed by atoms with Crippen LogP contribution in [-0.4, -0.2) is 33.0 Å². The van der Waals surface area contributed by atoms with E-state index in [0.29, 0.717) is 33.7 Å². The number of fused-ring (bicyclic) bond motifs is 1. The number of carbonyl (C=O) groups excluding carboxylic acids is 1. The van der Waals surface area contributed by atoms with Gasteiger partial charge in [-0.2, -0.15) is 0 Å². The summed E-state index contributed by atoms with van der Waals surface area (Å²) in [4.78, 5) is 31.0. The predicted octanol–water partition coefficient (Wildman–Crippen LogP) is 3.30. The van der Waals surface area contributed by atoms with E-state index in [0.717, 1.165) is 5.56 Å². The highest BCUT2D eigenvalue weighted by molar-refractivity contribution is 7.99. The van der Waals surface area contributed by atoms with E-state index in [-0.39, 0.29) is 11.5 Å². The zero-order valence-corrected chi connectivity index (χ0v) is 15.9. The van der Waals surface area contributed by atoms with Crippen molar-refractivity contribution in [3.63, 3.8) is 0 Å².